The lowest BCUT2D eigenvalue weighted by Gasteiger charge is -2.39. The number of hydrogen-bond acceptors (Lipinski definition) is 5. The van der Waals surface area contributed by atoms with Crippen LogP contribution in [0.5, 0.6) is 5.75 Å². The molecule has 1 aromatic heterocycles. The van der Waals surface area contributed by atoms with Crippen LogP contribution in [0.2, 0.25) is 5.02 Å². The number of Topliss-reactive ketones (excluding diaryl/α,β-unsaturated/α-hetero) is 1. The van der Waals surface area contributed by atoms with E-state index >= 15 is 0 Å². The van der Waals surface area contributed by atoms with Crippen molar-refractivity contribution in [2.24, 2.45) is 5.92 Å². The molecule has 1 aliphatic carbocycles. The smallest absolute Gasteiger partial charge is 0.274 e. The quantitative estimate of drug-likeness (QED) is 0.643. The zero-order chi connectivity index (χ0) is 23.4. The number of carbonyl (C=O) groups excluding carboxylic acids is 2. The maximum atomic E-state index is 14.1. The predicted molar refractivity (Wildman–Crippen MR) is 116 cm³/mol. The fraction of sp³-hybridized carbons (Fsp3) is 0.435. The Hall–Kier alpha value is -2.71. The average molecular weight is 463 g/mol. The number of aromatic hydroxyl groups is 1. The highest BCUT2D eigenvalue weighted by Gasteiger charge is 2.60. The minimum absolute atomic E-state index is 0.0254. The third kappa shape index (κ3) is 3.42. The Morgan fingerprint density at radius 1 is 1.34 bits per heavy atom. The monoisotopic (exact) mass is 462 g/mol. The van der Waals surface area contributed by atoms with E-state index in [0.29, 0.717) is 13.0 Å². The standard InChI is InChI=1S/C23H24ClFN2O5/c1-12(2)26-11-23(8-14(23)10-28)27-9-15(20(30)21(31)19(27)22(26)32)17(29)7-6-13-4-3-5-16(24)18(13)25/h3-5,9,12,14,28,31H,6-8,10-11H2,1-2H3/t14-,23-/m1/s1. The van der Waals surface area contributed by atoms with Gasteiger partial charge >= 0.3 is 0 Å². The molecular formula is C23H24ClFN2O5. The third-order valence-electron chi connectivity index (χ3n) is 6.57. The summed E-state index contributed by atoms with van der Waals surface area (Å²) in [6, 6.07) is 4.32. The van der Waals surface area contributed by atoms with Gasteiger partial charge in [0.2, 0.25) is 5.43 Å². The Morgan fingerprint density at radius 2 is 2.06 bits per heavy atom. The zero-order valence-corrected chi connectivity index (χ0v) is 18.5. The van der Waals surface area contributed by atoms with Crippen LogP contribution in [-0.2, 0) is 12.0 Å². The molecule has 0 radical (unpaired) electrons. The van der Waals surface area contributed by atoms with Gasteiger partial charge in [0, 0.05) is 37.7 Å². The maximum absolute atomic E-state index is 14.1. The van der Waals surface area contributed by atoms with E-state index in [1.165, 1.54) is 22.9 Å². The number of ketones is 1. The van der Waals surface area contributed by atoms with Crippen molar-refractivity contribution in [3.63, 3.8) is 0 Å². The van der Waals surface area contributed by atoms with Crippen LogP contribution < -0.4 is 5.43 Å². The van der Waals surface area contributed by atoms with E-state index in [0.717, 1.165) is 0 Å². The second kappa shape index (κ2) is 8.01. The molecule has 2 heterocycles. The number of nitrogens with zero attached hydrogens (tertiary/aromatic N) is 2. The van der Waals surface area contributed by atoms with Crippen molar-refractivity contribution >= 4 is 23.3 Å². The van der Waals surface area contributed by atoms with Gasteiger partial charge < -0.3 is 19.7 Å². The van der Waals surface area contributed by atoms with Crippen molar-refractivity contribution in [3.05, 3.63) is 62.3 Å². The van der Waals surface area contributed by atoms with Gasteiger partial charge in [0.15, 0.2) is 17.2 Å². The molecule has 2 aromatic rings. The number of aryl methyl sites for hydroxylation is 1. The molecule has 2 aliphatic rings. The molecule has 1 fully saturated rings. The summed E-state index contributed by atoms with van der Waals surface area (Å²) in [7, 11) is 0. The number of halogens is 2. The van der Waals surface area contributed by atoms with Gasteiger partial charge in [0.25, 0.3) is 5.91 Å². The molecule has 1 aromatic carbocycles. The highest BCUT2D eigenvalue weighted by molar-refractivity contribution is 6.30. The number of aromatic nitrogens is 1. The van der Waals surface area contributed by atoms with Crippen LogP contribution >= 0.6 is 11.6 Å². The molecule has 1 amide bonds. The van der Waals surface area contributed by atoms with Gasteiger partial charge in [-0.05, 0) is 38.3 Å². The number of rotatable bonds is 6. The van der Waals surface area contributed by atoms with Crippen molar-refractivity contribution in [1.82, 2.24) is 9.47 Å². The molecular weight excluding hydrogens is 439 g/mol. The Balaban J connectivity index is 1.73. The predicted octanol–water partition coefficient (Wildman–Crippen LogP) is 2.73. The van der Waals surface area contributed by atoms with E-state index in [1.54, 1.807) is 11.0 Å². The lowest BCUT2D eigenvalue weighted by atomic mass is 9.99. The summed E-state index contributed by atoms with van der Waals surface area (Å²) < 4.78 is 15.6. The first-order valence-corrected chi connectivity index (χ1v) is 10.9. The van der Waals surface area contributed by atoms with Gasteiger partial charge in [-0.1, -0.05) is 23.7 Å². The van der Waals surface area contributed by atoms with E-state index < -0.39 is 34.2 Å². The molecule has 32 heavy (non-hydrogen) atoms. The molecule has 9 heteroatoms. The number of hydrogen-bond donors (Lipinski definition) is 2. The fourth-order valence-electron chi connectivity index (χ4n) is 4.57. The van der Waals surface area contributed by atoms with Crippen LogP contribution in [0.4, 0.5) is 4.39 Å². The van der Waals surface area contributed by atoms with Crippen molar-refractivity contribution < 1.29 is 24.2 Å². The van der Waals surface area contributed by atoms with E-state index in [2.05, 4.69) is 0 Å². The molecule has 0 saturated heterocycles. The Morgan fingerprint density at radius 3 is 2.69 bits per heavy atom. The summed E-state index contributed by atoms with van der Waals surface area (Å²) in [5, 5.41) is 20.3. The first-order chi connectivity index (χ1) is 15.1. The largest absolute Gasteiger partial charge is 0.503 e. The Bertz CT molecular complexity index is 1180. The minimum atomic E-state index is -0.928. The van der Waals surface area contributed by atoms with E-state index in [-0.39, 0.29) is 53.3 Å². The molecule has 1 saturated carbocycles. The SMILES string of the molecule is CC(C)N1C[C@@]2(C[C@@H]2CO)n2cc(C(=O)CCc3cccc(Cl)c3F)c(=O)c(O)c2C1=O. The molecule has 4 rings (SSSR count). The molecule has 2 N–H and O–H groups in total. The first-order valence-electron chi connectivity index (χ1n) is 10.5. The lowest BCUT2D eigenvalue weighted by molar-refractivity contribution is 0.0551. The average Bonchev–Trinajstić information content (AvgIpc) is 3.47. The second-order valence-corrected chi connectivity index (χ2v) is 9.20. The normalized spacial score (nSPS) is 21.9. The topological polar surface area (TPSA) is 99.8 Å². The number of pyridine rings is 1. The molecule has 1 spiro atoms. The number of amides is 1. The number of fused-ring (bicyclic) bond motifs is 2. The van der Waals surface area contributed by atoms with Crippen LogP contribution in [0.3, 0.4) is 0 Å². The van der Waals surface area contributed by atoms with Crippen molar-refractivity contribution in [2.75, 3.05) is 13.2 Å². The Kier molecular flexibility index (Phi) is 5.63. The molecule has 0 unspecified atom stereocenters. The molecule has 7 nitrogen and oxygen atoms in total. The van der Waals surface area contributed by atoms with Gasteiger partial charge in [-0.15, -0.1) is 0 Å². The summed E-state index contributed by atoms with van der Waals surface area (Å²) in [6.45, 7) is 3.86. The van der Waals surface area contributed by atoms with Gasteiger partial charge in [-0.25, -0.2) is 4.39 Å². The van der Waals surface area contributed by atoms with Crippen molar-refractivity contribution in [3.8, 4) is 5.75 Å². The summed E-state index contributed by atoms with van der Waals surface area (Å²) in [6.07, 6.45) is 1.72. The molecule has 2 atom stereocenters. The van der Waals surface area contributed by atoms with Gasteiger partial charge in [0.1, 0.15) is 5.82 Å². The highest BCUT2D eigenvalue weighted by Crippen LogP contribution is 2.54. The third-order valence-corrected chi connectivity index (χ3v) is 6.86. The number of benzene rings is 1. The molecule has 0 bridgehead atoms. The zero-order valence-electron chi connectivity index (χ0n) is 17.8. The molecule has 170 valence electrons. The summed E-state index contributed by atoms with van der Waals surface area (Å²) >= 11 is 5.78. The van der Waals surface area contributed by atoms with Crippen LogP contribution in [0, 0.1) is 11.7 Å². The van der Waals surface area contributed by atoms with Gasteiger partial charge in [0.05, 0.1) is 16.1 Å². The summed E-state index contributed by atoms with van der Waals surface area (Å²) in [5.74, 6) is -2.63. The fourth-order valence-corrected chi connectivity index (χ4v) is 4.76. The lowest BCUT2D eigenvalue weighted by Crippen LogP contribution is -2.52. The van der Waals surface area contributed by atoms with Crippen molar-refractivity contribution in [2.45, 2.75) is 44.7 Å². The highest BCUT2D eigenvalue weighted by atomic mass is 35.5. The van der Waals surface area contributed by atoms with Crippen LogP contribution in [-0.4, -0.2) is 50.6 Å². The van der Waals surface area contributed by atoms with Crippen LogP contribution in [0.1, 0.15) is 53.1 Å². The van der Waals surface area contributed by atoms with Crippen LogP contribution in [0.25, 0.3) is 0 Å². The first kappa shape index (κ1) is 22.5. The minimum Gasteiger partial charge on any atom is -0.503 e. The van der Waals surface area contributed by atoms with Gasteiger partial charge in [-0.2, -0.15) is 0 Å². The number of aliphatic hydroxyl groups excluding tert-OH is 1. The summed E-state index contributed by atoms with van der Waals surface area (Å²) in [5.41, 5.74) is -1.79. The molecule has 1 aliphatic heterocycles. The van der Waals surface area contributed by atoms with Gasteiger partial charge in [-0.3, -0.25) is 14.4 Å². The van der Waals surface area contributed by atoms with Crippen LogP contribution in [0.15, 0.2) is 29.2 Å². The Labute approximate surface area is 189 Å². The summed E-state index contributed by atoms with van der Waals surface area (Å²) in [4.78, 5) is 40.3. The van der Waals surface area contributed by atoms with E-state index in [1.807, 2.05) is 13.8 Å². The van der Waals surface area contributed by atoms with Crippen molar-refractivity contribution in [1.29, 1.82) is 0 Å². The second-order valence-electron chi connectivity index (χ2n) is 8.79. The number of carbonyl (C=O) groups is 2. The maximum Gasteiger partial charge on any atom is 0.274 e. The van der Waals surface area contributed by atoms with E-state index in [9.17, 15) is 29.0 Å². The van der Waals surface area contributed by atoms with E-state index in [4.69, 9.17) is 11.6 Å². The number of aliphatic hydroxyl groups is 1.